The highest BCUT2D eigenvalue weighted by molar-refractivity contribution is 5.89. The van der Waals surface area contributed by atoms with E-state index in [-0.39, 0.29) is 24.3 Å². The van der Waals surface area contributed by atoms with Crippen molar-refractivity contribution in [3.63, 3.8) is 0 Å². The van der Waals surface area contributed by atoms with Crippen LogP contribution >= 0.6 is 0 Å². The van der Waals surface area contributed by atoms with Gasteiger partial charge < -0.3 is 15.0 Å². The lowest BCUT2D eigenvalue weighted by Gasteiger charge is -2.39. The number of carbonyl (C=O) groups excluding carboxylic acids is 3. The van der Waals surface area contributed by atoms with E-state index in [1.165, 1.54) is 6.42 Å². The quantitative estimate of drug-likeness (QED) is 0.775. The van der Waals surface area contributed by atoms with Crippen LogP contribution in [0.2, 0.25) is 0 Å². The van der Waals surface area contributed by atoms with Crippen molar-refractivity contribution in [3.8, 4) is 0 Å². The molecule has 1 aliphatic heterocycles. The van der Waals surface area contributed by atoms with Crippen LogP contribution in [-0.4, -0.2) is 47.9 Å². The number of esters is 1. The van der Waals surface area contributed by atoms with Crippen molar-refractivity contribution in [3.05, 3.63) is 0 Å². The van der Waals surface area contributed by atoms with Crippen molar-refractivity contribution < 1.29 is 19.1 Å². The van der Waals surface area contributed by atoms with E-state index in [1.807, 2.05) is 11.8 Å². The molecule has 0 aromatic rings. The van der Waals surface area contributed by atoms with E-state index in [0.29, 0.717) is 24.9 Å². The van der Waals surface area contributed by atoms with Crippen LogP contribution in [0.25, 0.3) is 0 Å². The number of hydrogen-bond acceptors (Lipinski definition) is 4. The van der Waals surface area contributed by atoms with Crippen LogP contribution in [0.15, 0.2) is 0 Å². The van der Waals surface area contributed by atoms with Gasteiger partial charge in [-0.3, -0.25) is 14.4 Å². The Bertz CT molecular complexity index is 493. The third-order valence-electron chi connectivity index (χ3n) is 5.57. The van der Waals surface area contributed by atoms with E-state index in [2.05, 4.69) is 19.2 Å². The number of hydrogen-bond donors (Lipinski definition) is 1. The number of likely N-dealkylation sites (N-methyl/N-ethyl adjacent to an activating group) is 1. The van der Waals surface area contributed by atoms with Gasteiger partial charge in [0.25, 0.3) is 5.91 Å². The zero-order chi connectivity index (χ0) is 17.9. The van der Waals surface area contributed by atoms with Crippen LogP contribution in [0.3, 0.4) is 0 Å². The Hall–Kier alpha value is -1.59. The van der Waals surface area contributed by atoms with Crippen LogP contribution in [0.4, 0.5) is 0 Å². The molecule has 2 amide bonds. The second-order valence-corrected chi connectivity index (χ2v) is 7.26. The van der Waals surface area contributed by atoms with Crippen LogP contribution in [0.5, 0.6) is 0 Å². The standard InChI is InChI=1S/C18H30N2O4/c1-5-19-17(22)13(4)24-18(23)14-9-16(21)20(10-14)15-8-6-7-11(2)12(15)3/h11-15H,5-10H2,1-4H3,(H,19,22)/t11-,12-,13+,14-,15+/m0/s1. The number of nitrogens with zero attached hydrogens (tertiary/aromatic N) is 1. The Morgan fingerprint density at radius 2 is 2.04 bits per heavy atom. The van der Waals surface area contributed by atoms with E-state index >= 15 is 0 Å². The third-order valence-corrected chi connectivity index (χ3v) is 5.57. The molecule has 0 aromatic carbocycles. The van der Waals surface area contributed by atoms with E-state index in [4.69, 9.17) is 4.74 Å². The number of carbonyl (C=O) groups is 3. The molecular formula is C18H30N2O4. The molecule has 0 bridgehead atoms. The second kappa shape index (κ2) is 7.99. The fourth-order valence-corrected chi connectivity index (χ4v) is 3.85. The van der Waals surface area contributed by atoms with Crippen molar-refractivity contribution in [1.82, 2.24) is 10.2 Å². The first-order valence-corrected chi connectivity index (χ1v) is 9.12. The SMILES string of the molecule is CCNC(=O)[C@@H](C)OC(=O)[C@H]1CC(=O)N([C@@H]2CCC[C@H](C)[C@@H]2C)C1. The Morgan fingerprint density at radius 1 is 1.33 bits per heavy atom. The maximum atomic E-state index is 12.4. The summed E-state index contributed by atoms with van der Waals surface area (Å²) in [6.07, 6.45) is 2.71. The number of ether oxygens (including phenoxy) is 1. The molecule has 6 nitrogen and oxygen atoms in total. The maximum Gasteiger partial charge on any atom is 0.312 e. The highest BCUT2D eigenvalue weighted by Gasteiger charge is 2.42. The largest absolute Gasteiger partial charge is 0.452 e. The van der Waals surface area contributed by atoms with Gasteiger partial charge in [-0.15, -0.1) is 0 Å². The van der Waals surface area contributed by atoms with Crippen LogP contribution in [0, 0.1) is 17.8 Å². The normalized spacial score (nSPS) is 31.7. The van der Waals surface area contributed by atoms with E-state index in [1.54, 1.807) is 6.92 Å². The summed E-state index contributed by atoms with van der Waals surface area (Å²) in [5.74, 6) is -0.123. The van der Waals surface area contributed by atoms with Crippen molar-refractivity contribution in [2.24, 2.45) is 17.8 Å². The van der Waals surface area contributed by atoms with Crippen molar-refractivity contribution >= 4 is 17.8 Å². The molecule has 2 rings (SSSR count). The minimum atomic E-state index is -0.824. The average Bonchev–Trinajstić information content (AvgIpc) is 2.92. The van der Waals surface area contributed by atoms with E-state index in [9.17, 15) is 14.4 Å². The Labute approximate surface area is 144 Å². The molecule has 6 heteroatoms. The molecule has 2 aliphatic rings. The van der Waals surface area contributed by atoms with Gasteiger partial charge in [-0.1, -0.05) is 26.7 Å². The van der Waals surface area contributed by atoms with Crippen molar-refractivity contribution in [1.29, 1.82) is 0 Å². The number of nitrogens with one attached hydrogen (secondary N) is 1. The lowest BCUT2D eigenvalue weighted by Crippen LogP contribution is -2.45. The molecule has 0 spiro atoms. The van der Waals surface area contributed by atoms with Crippen molar-refractivity contribution in [2.45, 2.75) is 65.5 Å². The maximum absolute atomic E-state index is 12.4. The highest BCUT2D eigenvalue weighted by atomic mass is 16.5. The van der Waals surface area contributed by atoms with Gasteiger partial charge in [0.05, 0.1) is 5.92 Å². The van der Waals surface area contributed by atoms with Gasteiger partial charge >= 0.3 is 5.97 Å². The molecule has 1 saturated heterocycles. The highest BCUT2D eigenvalue weighted by Crippen LogP contribution is 2.35. The summed E-state index contributed by atoms with van der Waals surface area (Å²) in [6, 6.07) is 0.222. The summed E-state index contributed by atoms with van der Waals surface area (Å²) in [6.45, 7) is 8.71. The predicted molar refractivity (Wildman–Crippen MR) is 90.0 cm³/mol. The molecular weight excluding hydrogens is 308 g/mol. The minimum absolute atomic E-state index is 0.0357. The van der Waals surface area contributed by atoms with E-state index in [0.717, 1.165) is 12.8 Å². The lowest BCUT2D eigenvalue weighted by atomic mass is 9.77. The first kappa shape index (κ1) is 18.7. The third kappa shape index (κ3) is 4.08. The fraction of sp³-hybridized carbons (Fsp3) is 0.833. The summed E-state index contributed by atoms with van der Waals surface area (Å²) >= 11 is 0. The molecule has 0 radical (unpaired) electrons. The molecule has 5 atom stereocenters. The van der Waals surface area contributed by atoms with Crippen molar-refractivity contribution in [2.75, 3.05) is 13.1 Å². The molecule has 2 fully saturated rings. The molecule has 1 aliphatic carbocycles. The molecule has 24 heavy (non-hydrogen) atoms. The average molecular weight is 338 g/mol. The predicted octanol–water partition coefficient (Wildman–Crippen LogP) is 1.73. The van der Waals surface area contributed by atoms with Gasteiger partial charge in [-0.25, -0.2) is 0 Å². The molecule has 0 aromatic heterocycles. The number of rotatable bonds is 5. The van der Waals surface area contributed by atoms with Crippen LogP contribution < -0.4 is 5.32 Å². The summed E-state index contributed by atoms with van der Waals surface area (Å²) in [5.41, 5.74) is 0. The van der Waals surface area contributed by atoms with Gasteiger partial charge in [0, 0.05) is 25.6 Å². The molecule has 1 heterocycles. The fourth-order valence-electron chi connectivity index (χ4n) is 3.85. The molecule has 136 valence electrons. The van der Waals surface area contributed by atoms with Crippen LogP contribution in [-0.2, 0) is 19.1 Å². The smallest absolute Gasteiger partial charge is 0.312 e. The summed E-state index contributed by atoms with van der Waals surface area (Å²) in [5, 5.41) is 2.63. The second-order valence-electron chi connectivity index (χ2n) is 7.26. The lowest BCUT2D eigenvalue weighted by molar-refractivity contribution is -0.158. The Kier molecular flexibility index (Phi) is 6.24. The molecule has 1 N–H and O–H groups in total. The zero-order valence-corrected chi connectivity index (χ0v) is 15.2. The van der Waals surface area contributed by atoms with Gasteiger partial charge in [-0.2, -0.15) is 0 Å². The van der Waals surface area contributed by atoms with Gasteiger partial charge in [0.1, 0.15) is 0 Å². The first-order valence-electron chi connectivity index (χ1n) is 9.12. The van der Waals surface area contributed by atoms with Gasteiger partial charge in [0.15, 0.2) is 6.10 Å². The summed E-state index contributed by atoms with van der Waals surface area (Å²) < 4.78 is 5.25. The topological polar surface area (TPSA) is 75.7 Å². The number of likely N-dealkylation sites (tertiary alicyclic amines) is 1. The van der Waals surface area contributed by atoms with Crippen LogP contribution in [0.1, 0.15) is 53.4 Å². The number of amides is 2. The summed E-state index contributed by atoms with van der Waals surface area (Å²) in [7, 11) is 0. The monoisotopic (exact) mass is 338 g/mol. The first-order chi connectivity index (χ1) is 11.3. The summed E-state index contributed by atoms with van der Waals surface area (Å²) in [4.78, 5) is 38.3. The molecule has 0 unspecified atom stereocenters. The van der Waals surface area contributed by atoms with E-state index < -0.39 is 18.0 Å². The molecule has 1 saturated carbocycles. The van der Waals surface area contributed by atoms with Gasteiger partial charge in [-0.05, 0) is 32.1 Å². The Morgan fingerprint density at radius 3 is 2.71 bits per heavy atom. The minimum Gasteiger partial charge on any atom is -0.452 e. The zero-order valence-electron chi connectivity index (χ0n) is 15.2. The van der Waals surface area contributed by atoms with Gasteiger partial charge in [0.2, 0.25) is 5.91 Å². The Balaban J connectivity index is 1.94.